The van der Waals surface area contributed by atoms with Gasteiger partial charge in [-0.3, -0.25) is 0 Å². The molecule has 0 saturated carbocycles. The van der Waals surface area contributed by atoms with Gasteiger partial charge in [-0.05, 0) is 41.5 Å². The van der Waals surface area contributed by atoms with Crippen LogP contribution in [0.2, 0.25) is 0 Å². The number of phenolic OH excluding ortho intramolecular Hbond substituents is 1. The molecule has 1 N–H and O–H groups in total. The molecule has 0 radical (unpaired) electrons. The van der Waals surface area contributed by atoms with Crippen molar-refractivity contribution in [1.82, 2.24) is 0 Å². The van der Waals surface area contributed by atoms with E-state index in [0.29, 0.717) is 22.4 Å². The first-order chi connectivity index (χ1) is 12.0. The number of ether oxygens (including phenoxy) is 3. The topological polar surface area (TPSA) is 82.1 Å². The van der Waals surface area contributed by atoms with Crippen LogP contribution in [-0.4, -0.2) is 31.3 Å². The minimum atomic E-state index is -0.532. The zero-order valence-corrected chi connectivity index (χ0v) is 13.9. The maximum absolute atomic E-state index is 11.8. The molecule has 0 heterocycles. The molecule has 0 spiro atoms. The standard InChI is InChI=1S/C19H18O6/c1-23-17-11-13(6-8-16(17)20)7-9-18(21)25-12-14-4-3-5-15(10-14)19(22)24-2/h3-11,20H,12H2,1-2H3/b9-7+. The highest BCUT2D eigenvalue weighted by molar-refractivity contribution is 5.89. The van der Waals surface area contributed by atoms with E-state index in [4.69, 9.17) is 9.47 Å². The summed E-state index contributed by atoms with van der Waals surface area (Å²) in [6, 6.07) is 11.4. The lowest BCUT2D eigenvalue weighted by atomic mass is 10.1. The first-order valence-electron chi connectivity index (χ1n) is 7.42. The van der Waals surface area contributed by atoms with Crippen molar-refractivity contribution in [2.75, 3.05) is 14.2 Å². The van der Waals surface area contributed by atoms with E-state index in [1.54, 1.807) is 42.5 Å². The van der Waals surface area contributed by atoms with E-state index >= 15 is 0 Å². The average Bonchev–Trinajstić information content (AvgIpc) is 2.65. The van der Waals surface area contributed by atoms with Gasteiger partial charge in [0.05, 0.1) is 19.8 Å². The Morgan fingerprint density at radius 1 is 1.12 bits per heavy atom. The molecule has 25 heavy (non-hydrogen) atoms. The molecular formula is C19H18O6. The Labute approximate surface area is 145 Å². The van der Waals surface area contributed by atoms with Gasteiger partial charge in [0, 0.05) is 6.08 Å². The van der Waals surface area contributed by atoms with Crippen LogP contribution in [-0.2, 0) is 20.9 Å². The fourth-order valence-electron chi connectivity index (χ4n) is 2.07. The summed E-state index contributed by atoms with van der Waals surface area (Å²) in [5, 5.41) is 9.53. The van der Waals surface area contributed by atoms with Gasteiger partial charge in [-0.25, -0.2) is 9.59 Å². The molecule has 0 aromatic heterocycles. The van der Waals surface area contributed by atoms with E-state index in [9.17, 15) is 14.7 Å². The predicted octanol–water partition coefficient (Wildman–Crippen LogP) is 2.94. The number of hydrogen-bond acceptors (Lipinski definition) is 6. The fraction of sp³-hybridized carbons (Fsp3) is 0.158. The highest BCUT2D eigenvalue weighted by Crippen LogP contribution is 2.26. The van der Waals surface area contributed by atoms with Crippen LogP contribution in [0.5, 0.6) is 11.5 Å². The molecule has 6 heteroatoms. The highest BCUT2D eigenvalue weighted by atomic mass is 16.5. The molecule has 0 aliphatic carbocycles. The minimum Gasteiger partial charge on any atom is -0.504 e. The van der Waals surface area contributed by atoms with Gasteiger partial charge in [0.25, 0.3) is 0 Å². The van der Waals surface area contributed by atoms with E-state index in [-0.39, 0.29) is 12.4 Å². The lowest BCUT2D eigenvalue weighted by Gasteiger charge is -2.05. The van der Waals surface area contributed by atoms with E-state index in [2.05, 4.69) is 4.74 Å². The number of methoxy groups -OCH3 is 2. The first kappa shape index (κ1) is 18.1. The van der Waals surface area contributed by atoms with Crippen LogP contribution in [0.3, 0.4) is 0 Å². The molecule has 0 fully saturated rings. The summed E-state index contributed by atoms with van der Waals surface area (Å²) in [6.07, 6.45) is 2.82. The van der Waals surface area contributed by atoms with Crippen molar-refractivity contribution in [3.8, 4) is 11.5 Å². The smallest absolute Gasteiger partial charge is 0.337 e. The van der Waals surface area contributed by atoms with Crippen molar-refractivity contribution in [1.29, 1.82) is 0 Å². The molecule has 2 aromatic rings. The van der Waals surface area contributed by atoms with E-state index < -0.39 is 11.9 Å². The van der Waals surface area contributed by atoms with Crippen molar-refractivity contribution in [3.63, 3.8) is 0 Å². The molecule has 0 bridgehead atoms. The monoisotopic (exact) mass is 342 g/mol. The second kappa shape index (κ2) is 8.54. The average molecular weight is 342 g/mol. The number of benzene rings is 2. The Bertz CT molecular complexity index is 794. The lowest BCUT2D eigenvalue weighted by molar-refractivity contribution is -0.138. The molecule has 0 atom stereocenters. The van der Waals surface area contributed by atoms with Gasteiger partial charge in [0.2, 0.25) is 0 Å². The quantitative estimate of drug-likeness (QED) is 0.642. The number of phenols is 1. The molecule has 0 aliphatic heterocycles. The van der Waals surface area contributed by atoms with Gasteiger partial charge >= 0.3 is 11.9 Å². The molecule has 6 nitrogen and oxygen atoms in total. The van der Waals surface area contributed by atoms with Crippen molar-refractivity contribution in [2.24, 2.45) is 0 Å². The van der Waals surface area contributed by atoms with Crippen molar-refractivity contribution in [2.45, 2.75) is 6.61 Å². The summed E-state index contributed by atoms with van der Waals surface area (Å²) in [5.41, 5.74) is 1.75. The molecular weight excluding hydrogens is 324 g/mol. The first-order valence-corrected chi connectivity index (χ1v) is 7.42. The van der Waals surface area contributed by atoms with E-state index in [0.717, 1.165) is 0 Å². The normalized spacial score (nSPS) is 10.5. The molecule has 130 valence electrons. The van der Waals surface area contributed by atoms with Gasteiger partial charge in [-0.1, -0.05) is 18.2 Å². The van der Waals surface area contributed by atoms with Crippen LogP contribution in [0.25, 0.3) is 6.08 Å². The van der Waals surface area contributed by atoms with E-state index in [1.807, 2.05) is 0 Å². The maximum Gasteiger partial charge on any atom is 0.337 e. The highest BCUT2D eigenvalue weighted by Gasteiger charge is 2.07. The Balaban J connectivity index is 1.95. The fourth-order valence-corrected chi connectivity index (χ4v) is 2.07. The van der Waals surface area contributed by atoms with Crippen LogP contribution < -0.4 is 4.74 Å². The SMILES string of the molecule is COC(=O)c1cccc(COC(=O)/C=C/c2ccc(O)c(OC)c2)c1. The van der Waals surface area contributed by atoms with E-state index in [1.165, 1.54) is 26.4 Å². The summed E-state index contributed by atoms with van der Waals surface area (Å²) in [5.74, 6) is -0.646. The second-order valence-electron chi connectivity index (χ2n) is 5.06. The van der Waals surface area contributed by atoms with Crippen molar-refractivity contribution in [3.05, 3.63) is 65.2 Å². The Hall–Kier alpha value is -3.28. The molecule has 0 amide bonds. The Kier molecular flexibility index (Phi) is 6.17. The summed E-state index contributed by atoms with van der Waals surface area (Å²) in [7, 11) is 2.75. The molecule has 0 saturated heterocycles. The van der Waals surface area contributed by atoms with Crippen LogP contribution in [0, 0.1) is 0 Å². The molecule has 2 aromatic carbocycles. The number of carbonyl (C=O) groups excluding carboxylic acids is 2. The van der Waals surface area contributed by atoms with Gasteiger partial charge in [-0.15, -0.1) is 0 Å². The summed E-state index contributed by atoms with van der Waals surface area (Å²) in [6.45, 7) is 0.0346. The molecule has 2 rings (SSSR count). The zero-order valence-electron chi connectivity index (χ0n) is 13.9. The predicted molar refractivity (Wildman–Crippen MR) is 91.3 cm³/mol. The summed E-state index contributed by atoms with van der Waals surface area (Å²) >= 11 is 0. The third-order valence-corrected chi connectivity index (χ3v) is 3.34. The van der Waals surface area contributed by atoms with Crippen LogP contribution in [0.4, 0.5) is 0 Å². The third kappa shape index (κ3) is 5.10. The Morgan fingerprint density at radius 2 is 1.92 bits per heavy atom. The second-order valence-corrected chi connectivity index (χ2v) is 5.06. The lowest BCUT2D eigenvalue weighted by Crippen LogP contribution is -2.04. The summed E-state index contributed by atoms with van der Waals surface area (Å²) < 4.78 is 14.8. The van der Waals surface area contributed by atoms with Crippen molar-refractivity contribution < 1.29 is 28.9 Å². The molecule has 0 aliphatic rings. The number of hydrogen-bond donors (Lipinski definition) is 1. The largest absolute Gasteiger partial charge is 0.504 e. The van der Waals surface area contributed by atoms with Crippen molar-refractivity contribution >= 4 is 18.0 Å². The van der Waals surface area contributed by atoms with Crippen LogP contribution >= 0.6 is 0 Å². The van der Waals surface area contributed by atoms with Crippen LogP contribution in [0.1, 0.15) is 21.5 Å². The third-order valence-electron chi connectivity index (χ3n) is 3.34. The van der Waals surface area contributed by atoms with Gasteiger partial charge < -0.3 is 19.3 Å². The zero-order chi connectivity index (χ0) is 18.2. The number of rotatable bonds is 6. The van der Waals surface area contributed by atoms with Gasteiger partial charge in [0.1, 0.15) is 6.61 Å². The number of carbonyl (C=O) groups is 2. The van der Waals surface area contributed by atoms with Crippen LogP contribution in [0.15, 0.2) is 48.5 Å². The number of esters is 2. The number of aromatic hydroxyl groups is 1. The summed E-state index contributed by atoms with van der Waals surface area (Å²) in [4.78, 5) is 23.3. The Morgan fingerprint density at radius 3 is 2.64 bits per heavy atom. The van der Waals surface area contributed by atoms with Gasteiger partial charge in [-0.2, -0.15) is 0 Å². The maximum atomic E-state index is 11.8. The van der Waals surface area contributed by atoms with Gasteiger partial charge in [0.15, 0.2) is 11.5 Å². The molecule has 0 unspecified atom stereocenters. The minimum absolute atomic E-state index is 0.0210.